The number of rotatable bonds is 2. The summed E-state index contributed by atoms with van der Waals surface area (Å²) in [5.74, 6) is -1.00. The summed E-state index contributed by atoms with van der Waals surface area (Å²) < 4.78 is 26.6. The van der Waals surface area contributed by atoms with E-state index in [-0.39, 0.29) is 10.7 Å². The van der Waals surface area contributed by atoms with Crippen molar-refractivity contribution in [3.8, 4) is 0 Å². The van der Waals surface area contributed by atoms with Gasteiger partial charge in [-0.15, -0.1) is 0 Å². The van der Waals surface area contributed by atoms with E-state index in [1.54, 1.807) is 0 Å². The first-order valence-electron chi connectivity index (χ1n) is 4.47. The Balaban J connectivity index is 2.31. The molecule has 0 aliphatic rings. The first-order valence-corrected chi connectivity index (χ1v) is 6.08. The molecule has 2 N–H and O–H groups in total. The fourth-order valence-electron chi connectivity index (χ4n) is 1.12. The third kappa shape index (κ3) is 3.13. The van der Waals surface area contributed by atoms with Crippen LogP contribution in [-0.4, -0.2) is 9.97 Å². The van der Waals surface area contributed by atoms with Crippen molar-refractivity contribution in [2.45, 2.75) is 10.1 Å². The Hall–Kier alpha value is -1.21. The topological polar surface area (TPSA) is 51.8 Å². The maximum Gasteiger partial charge on any atom is 0.195 e. The highest BCUT2D eigenvalue weighted by atomic mass is 79.9. The Morgan fingerprint density at radius 3 is 2.59 bits per heavy atom. The highest BCUT2D eigenvalue weighted by molar-refractivity contribution is 9.10. The normalized spacial score (nSPS) is 10.5. The zero-order chi connectivity index (χ0) is 12.4. The fraction of sp³-hybridized carbons (Fsp3) is 0. The molecule has 0 radical (unpaired) electrons. The number of hydrogen-bond donors (Lipinski definition) is 1. The second kappa shape index (κ2) is 4.97. The van der Waals surface area contributed by atoms with Gasteiger partial charge in [0, 0.05) is 12.1 Å². The van der Waals surface area contributed by atoms with Crippen LogP contribution in [0.15, 0.2) is 38.9 Å². The van der Waals surface area contributed by atoms with Gasteiger partial charge in [0.25, 0.3) is 0 Å². The standard InChI is InChI=1S/C10H6BrF2N3S/c11-8-4-9(14)16-10(15-8)17-7-2-1-5(12)3-6(7)13/h1-4H,(H2,14,15,16). The second-order valence-electron chi connectivity index (χ2n) is 3.07. The van der Waals surface area contributed by atoms with E-state index in [1.165, 1.54) is 18.2 Å². The Morgan fingerprint density at radius 1 is 1.18 bits per heavy atom. The molecule has 1 aromatic heterocycles. The predicted octanol–water partition coefficient (Wildman–Crippen LogP) is 3.25. The molecule has 7 heteroatoms. The van der Waals surface area contributed by atoms with Gasteiger partial charge < -0.3 is 5.73 Å². The summed E-state index contributed by atoms with van der Waals surface area (Å²) >= 11 is 4.14. The van der Waals surface area contributed by atoms with Crippen molar-refractivity contribution in [3.05, 3.63) is 40.5 Å². The van der Waals surface area contributed by atoms with Crippen LogP contribution in [0.25, 0.3) is 0 Å². The van der Waals surface area contributed by atoms with Crippen molar-refractivity contribution >= 4 is 33.5 Å². The van der Waals surface area contributed by atoms with E-state index in [1.807, 2.05) is 0 Å². The molecule has 3 nitrogen and oxygen atoms in total. The minimum absolute atomic E-state index is 0.240. The number of nitrogens with two attached hydrogens (primary N) is 1. The number of nitrogens with zero attached hydrogens (tertiary/aromatic N) is 2. The van der Waals surface area contributed by atoms with Gasteiger partial charge in [0.1, 0.15) is 22.1 Å². The average molecular weight is 318 g/mol. The highest BCUT2D eigenvalue weighted by Gasteiger charge is 2.08. The number of hydrogen-bond acceptors (Lipinski definition) is 4. The Labute approximate surface area is 109 Å². The van der Waals surface area contributed by atoms with Crippen LogP contribution in [0.2, 0.25) is 0 Å². The molecule has 2 rings (SSSR count). The second-order valence-corrected chi connectivity index (χ2v) is 4.90. The molecule has 0 spiro atoms. The Bertz CT molecular complexity index is 545. The molecule has 88 valence electrons. The molecule has 0 fully saturated rings. The third-order valence-corrected chi connectivity index (χ3v) is 3.11. The molecule has 0 bridgehead atoms. The summed E-state index contributed by atoms with van der Waals surface area (Å²) in [4.78, 5) is 8.19. The van der Waals surface area contributed by atoms with E-state index in [2.05, 4.69) is 25.9 Å². The molecule has 0 saturated carbocycles. The van der Waals surface area contributed by atoms with Crippen LogP contribution in [0.5, 0.6) is 0 Å². The zero-order valence-corrected chi connectivity index (χ0v) is 10.7. The summed E-state index contributed by atoms with van der Waals surface area (Å²) in [6.45, 7) is 0. The highest BCUT2D eigenvalue weighted by Crippen LogP contribution is 2.28. The van der Waals surface area contributed by atoms with E-state index in [4.69, 9.17) is 5.73 Å². The van der Waals surface area contributed by atoms with Gasteiger partial charge in [0.15, 0.2) is 5.16 Å². The first kappa shape index (κ1) is 12.3. The summed E-state index contributed by atoms with van der Waals surface area (Å²) in [5, 5.41) is 0.294. The van der Waals surface area contributed by atoms with Gasteiger partial charge in [-0.05, 0) is 39.8 Å². The zero-order valence-electron chi connectivity index (χ0n) is 8.32. The number of halogens is 3. The van der Waals surface area contributed by atoms with E-state index in [0.29, 0.717) is 9.76 Å². The number of benzene rings is 1. The van der Waals surface area contributed by atoms with Gasteiger partial charge in [0.2, 0.25) is 0 Å². The average Bonchev–Trinajstić information content (AvgIpc) is 2.21. The monoisotopic (exact) mass is 317 g/mol. The summed E-state index contributed by atoms with van der Waals surface area (Å²) in [5.41, 5.74) is 5.53. The van der Waals surface area contributed by atoms with Crippen molar-refractivity contribution in [3.63, 3.8) is 0 Å². The van der Waals surface area contributed by atoms with Crippen LogP contribution < -0.4 is 5.73 Å². The molecule has 1 heterocycles. The Morgan fingerprint density at radius 2 is 1.94 bits per heavy atom. The van der Waals surface area contributed by atoms with E-state index in [9.17, 15) is 8.78 Å². The molecule has 0 aliphatic heterocycles. The molecule has 0 saturated heterocycles. The van der Waals surface area contributed by atoms with E-state index in [0.717, 1.165) is 17.8 Å². The summed E-state index contributed by atoms with van der Waals surface area (Å²) in [6.07, 6.45) is 0. The molecule has 0 atom stereocenters. The van der Waals surface area contributed by atoms with Gasteiger partial charge in [-0.25, -0.2) is 18.7 Å². The van der Waals surface area contributed by atoms with Crippen molar-refractivity contribution in [2.24, 2.45) is 0 Å². The number of nitrogen functional groups attached to an aromatic ring is 1. The third-order valence-electron chi connectivity index (χ3n) is 1.79. The van der Waals surface area contributed by atoms with E-state index >= 15 is 0 Å². The number of anilines is 1. The van der Waals surface area contributed by atoms with Crippen LogP contribution in [0.4, 0.5) is 14.6 Å². The van der Waals surface area contributed by atoms with Crippen molar-refractivity contribution in [2.75, 3.05) is 5.73 Å². The lowest BCUT2D eigenvalue weighted by Crippen LogP contribution is -1.95. The molecule has 2 aromatic rings. The molecule has 17 heavy (non-hydrogen) atoms. The lowest BCUT2D eigenvalue weighted by atomic mass is 10.3. The summed E-state index contributed by atoms with van der Waals surface area (Å²) in [6, 6.07) is 4.84. The van der Waals surface area contributed by atoms with Gasteiger partial charge in [-0.3, -0.25) is 0 Å². The van der Waals surface area contributed by atoms with Crippen molar-refractivity contribution in [1.29, 1.82) is 0 Å². The lowest BCUT2D eigenvalue weighted by molar-refractivity contribution is 0.565. The molecule has 0 unspecified atom stereocenters. The van der Waals surface area contributed by atoms with Gasteiger partial charge in [0.05, 0.1) is 4.90 Å². The largest absolute Gasteiger partial charge is 0.384 e. The number of aromatic nitrogens is 2. The van der Waals surface area contributed by atoms with Crippen LogP contribution in [0.3, 0.4) is 0 Å². The SMILES string of the molecule is Nc1cc(Br)nc(Sc2ccc(F)cc2F)n1. The molecule has 0 aliphatic carbocycles. The Kier molecular flexibility index (Phi) is 3.58. The maximum absolute atomic E-state index is 13.4. The molecular weight excluding hydrogens is 312 g/mol. The van der Waals surface area contributed by atoms with Gasteiger partial charge in [-0.1, -0.05) is 0 Å². The van der Waals surface area contributed by atoms with Crippen LogP contribution >= 0.6 is 27.7 Å². The molecular formula is C10H6BrF2N3S. The fourth-order valence-corrected chi connectivity index (χ4v) is 2.42. The van der Waals surface area contributed by atoms with E-state index < -0.39 is 11.6 Å². The maximum atomic E-state index is 13.4. The predicted molar refractivity (Wildman–Crippen MR) is 64.6 cm³/mol. The van der Waals surface area contributed by atoms with Crippen LogP contribution in [-0.2, 0) is 0 Å². The van der Waals surface area contributed by atoms with Crippen molar-refractivity contribution < 1.29 is 8.78 Å². The summed E-state index contributed by atoms with van der Waals surface area (Å²) in [7, 11) is 0. The van der Waals surface area contributed by atoms with Gasteiger partial charge in [-0.2, -0.15) is 0 Å². The quantitative estimate of drug-likeness (QED) is 0.682. The smallest absolute Gasteiger partial charge is 0.195 e. The first-order chi connectivity index (χ1) is 8.04. The molecule has 0 amide bonds. The van der Waals surface area contributed by atoms with Crippen LogP contribution in [0.1, 0.15) is 0 Å². The minimum Gasteiger partial charge on any atom is -0.384 e. The minimum atomic E-state index is -0.655. The van der Waals surface area contributed by atoms with Gasteiger partial charge >= 0.3 is 0 Å². The van der Waals surface area contributed by atoms with Crippen molar-refractivity contribution in [1.82, 2.24) is 9.97 Å². The van der Waals surface area contributed by atoms with Crippen LogP contribution in [0, 0.1) is 11.6 Å². The molecule has 1 aromatic carbocycles. The lowest BCUT2D eigenvalue weighted by Gasteiger charge is -2.03.